The van der Waals surface area contributed by atoms with Crippen molar-refractivity contribution in [2.75, 3.05) is 0 Å². The number of carbonyl (C=O) groups excluding carboxylic acids is 2. The zero-order valence-electron chi connectivity index (χ0n) is 26.2. The molecule has 4 aliphatic rings. The Morgan fingerprint density at radius 2 is 1.74 bits per heavy atom. The average molecular weight is 525 g/mol. The molecule has 3 nitrogen and oxygen atoms in total. The molecule has 4 aliphatic carbocycles. The van der Waals surface area contributed by atoms with E-state index in [1.807, 2.05) is 6.92 Å². The molecule has 0 spiro atoms. The van der Waals surface area contributed by atoms with E-state index in [4.69, 9.17) is 4.74 Å². The van der Waals surface area contributed by atoms with Gasteiger partial charge in [0.2, 0.25) is 0 Å². The summed E-state index contributed by atoms with van der Waals surface area (Å²) in [4.78, 5) is 25.9. The van der Waals surface area contributed by atoms with Crippen molar-refractivity contribution in [2.24, 2.45) is 50.7 Å². The highest BCUT2D eigenvalue weighted by Gasteiger charge is 2.66. The maximum absolute atomic E-state index is 13.8. The van der Waals surface area contributed by atoms with Gasteiger partial charge in [-0.1, -0.05) is 74.0 Å². The summed E-state index contributed by atoms with van der Waals surface area (Å²) < 4.78 is 5.73. The maximum atomic E-state index is 13.8. The van der Waals surface area contributed by atoms with Crippen LogP contribution in [0.3, 0.4) is 0 Å². The van der Waals surface area contributed by atoms with Gasteiger partial charge < -0.3 is 4.74 Å². The van der Waals surface area contributed by atoms with Gasteiger partial charge in [-0.05, 0) is 116 Å². The van der Waals surface area contributed by atoms with Crippen LogP contribution in [0.25, 0.3) is 0 Å². The first-order valence-electron chi connectivity index (χ1n) is 15.6. The van der Waals surface area contributed by atoms with Crippen LogP contribution in [0, 0.1) is 50.7 Å². The van der Waals surface area contributed by atoms with Gasteiger partial charge in [0.15, 0.2) is 5.78 Å². The molecule has 0 aromatic heterocycles. The van der Waals surface area contributed by atoms with Gasteiger partial charge in [-0.2, -0.15) is 0 Å². The van der Waals surface area contributed by atoms with E-state index < -0.39 is 0 Å². The van der Waals surface area contributed by atoms with Crippen molar-refractivity contribution in [2.45, 2.75) is 133 Å². The van der Waals surface area contributed by atoms with Crippen LogP contribution < -0.4 is 0 Å². The Morgan fingerprint density at radius 3 is 2.37 bits per heavy atom. The molecule has 0 amide bonds. The second kappa shape index (κ2) is 9.91. The Morgan fingerprint density at radius 1 is 1.05 bits per heavy atom. The Balaban J connectivity index is 1.60. The summed E-state index contributed by atoms with van der Waals surface area (Å²) in [6.45, 7) is 24.0. The normalized spacial score (nSPS) is 40.3. The van der Waals surface area contributed by atoms with E-state index in [0.717, 1.165) is 12.8 Å². The number of allylic oxidation sites excluding steroid dienone is 3. The third-order valence-electron chi connectivity index (χ3n) is 12.7. The average Bonchev–Trinajstić information content (AvgIpc) is 3.10. The highest BCUT2D eigenvalue weighted by atomic mass is 16.5. The van der Waals surface area contributed by atoms with Crippen molar-refractivity contribution in [1.29, 1.82) is 0 Å². The first-order valence-corrected chi connectivity index (χ1v) is 15.6. The molecule has 3 saturated carbocycles. The zero-order valence-corrected chi connectivity index (χ0v) is 26.2. The van der Waals surface area contributed by atoms with E-state index in [0.29, 0.717) is 29.6 Å². The summed E-state index contributed by atoms with van der Waals surface area (Å²) in [5, 5.41) is 0. The molecule has 8 atom stereocenters. The van der Waals surface area contributed by atoms with Crippen LogP contribution in [0.5, 0.6) is 0 Å². The highest BCUT2D eigenvalue weighted by molar-refractivity contribution is 5.95. The fraction of sp³-hybridized carbons (Fsp3) is 0.829. The van der Waals surface area contributed by atoms with E-state index in [-0.39, 0.29) is 45.4 Å². The molecule has 38 heavy (non-hydrogen) atoms. The maximum Gasteiger partial charge on any atom is 0.330 e. The third kappa shape index (κ3) is 4.77. The minimum Gasteiger partial charge on any atom is -0.459 e. The topological polar surface area (TPSA) is 43.4 Å². The SMILES string of the molecule is C/C=C/C(=O)O[C@H]1CC[C@]2(C)C3CC[C@]4(C)[C@@H](C(C)(C)[C@H](C)CCC(C)(C)C)CC[C@@]4(C)C3=CC(=O)[C@@H]2C1. The van der Waals surface area contributed by atoms with Crippen LogP contribution in [0.4, 0.5) is 0 Å². The number of hydrogen-bond acceptors (Lipinski definition) is 3. The van der Waals surface area contributed by atoms with E-state index in [1.165, 1.54) is 50.2 Å². The van der Waals surface area contributed by atoms with Crippen molar-refractivity contribution in [3.05, 3.63) is 23.8 Å². The number of hydrogen-bond donors (Lipinski definition) is 0. The van der Waals surface area contributed by atoms with E-state index in [1.54, 1.807) is 6.08 Å². The third-order valence-corrected chi connectivity index (χ3v) is 12.7. The number of rotatable bonds is 6. The second-order valence-corrected chi connectivity index (χ2v) is 16.1. The fourth-order valence-electron chi connectivity index (χ4n) is 9.69. The van der Waals surface area contributed by atoms with Crippen molar-refractivity contribution in [3.63, 3.8) is 0 Å². The minimum absolute atomic E-state index is 0.0252. The molecule has 0 aromatic carbocycles. The Bertz CT molecular complexity index is 995. The molecule has 0 bridgehead atoms. The predicted octanol–water partition coefficient (Wildman–Crippen LogP) is 9.11. The molecule has 3 heteroatoms. The van der Waals surface area contributed by atoms with Crippen LogP contribution in [0.2, 0.25) is 0 Å². The molecule has 0 N–H and O–H groups in total. The second-order valence-electron chi connectivity index (χ2n) is 16.1. The number of ketones is 1. The molecule has 0 radical (unpaired) electrons. The first-order chi connectivity index (χ1) is 17.5. The van der Waals surface area contributed by atoms with E-state index in [9.17, 15) is 9.59 Å². The number of fused-ring (bicyclic) bond motifs is 5. The van der Waals surface area contributed by atoms with Crippen LogP contribution >= 0.6 is 0 Å². The Kier molecular flexibility index (Phi) is 7.72. The lowest BCUT2D eigenvalue weighted by molar-refractivity contribution is -0.153. The fourth-order valence-corrected chi connectivity index (χ4v) is 9.69. The lowest BCUT2D eigenvalue weighted by atomic mass is 9.42. The van der Waals surface area contributed by atoms with Crippen molar-refractivity contribution >= 4 is 11.8 Å². The number of carbonyl (C=O) groups is 2. The quantitative estimate of drug-likeness (QED) is 0.257. The zero-order chi connectivity index (χ0) is 28.3. The van der Waals surface area contributed by atoms with Gasteiger partial charge in [-0.3, -0.25) is 4.79 Å². The lowest BCUT2D eigenvalue weighted by Gasteiger charge is -2.62. The van der Waals surface area contributed by atoms with Crippen LogP contribution in [-0.2, 0) is 14.3 Å². The Hall–Kier alpha value is -1.38. The highest BCUT2D eigenvalue weighted by Crippen LogP contribution is 2.73. The molecule has 1 unspecified atom stereocenters. The van der Waals surface area contributed by atoms with Gasteiger partial charge in [0.25, 0.3) is 0 Å². The minimum atomic E-state index is -0.280. The molecule has 0 aliphatic heterocycles. The predicted molar refractivity (Wildman–Crippen MR) is 157 cm³/mol. The molecule has 4 rings (SSSR count). The van der Waals surface area contributed by atoms with Gasteiger partial charge >= 0.3 is 5.97 Å². The first kappa shape index (κ1) is 29.6. The van der Waals surface area contributed by atoms with Crippen molar-refractivity contribution < 1.29 is 14.3 Å². The molecule has 3 fully saturated rings. The molecule has 0 aromatic rings. The van der Waals surface area contributed by atoms with Crippen molar-refractivity contribution in [3.8, 4) is 0 Å². The standard InChI is InChI=1S/C35H56O3/c1-11-12-30(37)38-24-14-18-33(8)25-15-19-35(10)29(32(6,7)23(2)13-17-31(3,4)5)16-20-34(35,9)26(25)22-28(36)27(33)21-24/h11-12,22-25,27,29H,13-21H2,1-10H3/b12-11+/t23-,24+,25?,27+,29-,33-,34+,35-/m1/s1. The van der Waals surface area contributed by atoms with Crippen LogP contribution in [0.15, 0.2) is 23.8 Å². The smallest absolute Gasteiger partial charge is 0.330 e. The summed E-state index contributed by atoms with van der Waals surface area (Å²) in [6, 6.07) is 0. The summed E-state index contributed by atoms with van der Waals surface area (Å²) >= 11 is 0. The summed E-state index contributed by atoms with van der Waals surface area (Å²) in [5.41, 5.74) is 2.39. The van der Waals surface area contributed by atoms with Gasteiger partial charge in [-0.25, -0.2) is 4.79 Å². The summed E-state index contributed by atoms with van der Waals surface area (Å²) in [6.07, 6.45) is 15.1. The molecule has 214 valence electrons. The molecular weight excluding hydrogens is 468 g/mol. The number of esters is 1. The largest absolute Gasteiger partial charge is 0.459 e. The van der Waals surface area contributed by atoms with E-state index >= 15 is 0 Å². The van der Waals surface area contributed by atoms with Gasteiger partial charge in [0, 0.05) is 12.0 Å². The summed E-state index contributed by atoms with van der Waals surface area (Å²) in [5.74, 6) is 1.78. The van der Waals surface area contributed by atoms with Gasteiger partial charge in [-0.15, -0.1) is 0 Å². The monoisotopic (exact) mass is 524 g/mol. The van der Waals surface area contributed by atoms with Gasteiger partial charge in [0.1, 0.15) is 6.10 Å². The van der Waals surface area contributed by atoms with Gasteiger partial charge in [0.05, 0.1) is 0 Å². The molecular formula is C35H56O3. The van der Waals surface area contributed by atoms with Crippen LogP contribution in [0.1, 0.15) is 127 Å². The lowest BCUT2D eigenvalue weighted by Crippen LogP contribution is -2.56. The number of ether oxygens (including phenoxy) is 1. The summed E-state index contributed by atoms with van der Waals surface area (Å²) in [7, 11) is 0. The van der Waals surface area contributed by atoms with Crippen LogP contribution in [-0.4, -0.2) is 17.9 Å². The molecule has 0 heterocycles. The van der Waals surface area contributed by atoms with E-state index in [2.05, 4.69) is 68.4 Å². The molecule has 0 saturated heterocycles. The Labute approximate surface area is 233 Å². The van der Waals surface area contributed by atoms with Crippen molar-refractivity contribution in [1.82, 2.24) is 0 Å².